The highest BCUT2D eigenvalue weighted by Gasteiger charge is 2.49. The summed E-state index contributed by atoms with van der Waals surface area (Å²) in [5.74, 6) is 3.83. The van der Waals surface area contributed by atoms with Crippen LogP contribution in [-0.4, -0.2) is 6.71 Å². The number of hydrogen-bond acceptors (Lipinski definition) is 2. The fourth-order valence-corrected chi connectivity index (χ4v) is 9.22. The van der Waals surface area contributed by atoms with Crippen molar-refractivity contribution < 1.29 is 9.47 Å². The zero-order valence-electron chi connectivity index (χ0n) is 25.7. The Hall–Kier alpha value is -3.46. The minimum atomic E-state index is 0.0759. The van der Waals surface area contributed by atoms with Crippen molar-refractivity contribution in [3.8, 4) is 34.1 Å². The Bertz CT molecular complexity index is 1680. The molecule has 8 rings (SSSR count). The molecule has 0 radical (unpaired) electrons. The molecule has 4 aromatic rings. The van der Waals surface area contributed by atoms with Crippen LogP contribution in [-0.2, 0) is 21.7 Å². The predicted molar refractivity (Wildman–Crippen MR) is 171 cm³/mol. The Morgan fingerprint density at radius 1 is 0.488 bits per heavy atom. The number of rotatable bonds is 1. The van der Waals surface area contributed by atoms with Gasteiger partial charge >= 0.3 is 0 Å². The fourth-order valence-electron chi connectivity index (χ4n) is 9.22. The van der Waals surface area contributed by atoms with Crippen molar-refractivity contribution in [2.45, 2.75) is 89.9 Å². The summed E-state index contributed by atoms with van der Waals surface area (Å²) >= 11 is 0. The maximum Gasteiger partial charge on any atom is 0.260 e. The maximum absolute atomic E-state index is 6.87. The molecule has 2 aliphatic carbocycles. The molecule has 0 aromatic heterocycles. The maximum atomic E-state index is 6.87. The van der Waals surface area contributed by atoms with Crippen molar-refractivity contribution in [1.29, 1.82) is 0 Å². The highest BCUT2D eigenvalue weighted by molar-refractivity contribution is 6.98. The molecule has 206 valence electrons. The van der Waals surface area contributed by atoms with Crippen LogP contribution in [0.2, 0.25) is 0 Å². The lowest BCUT2D eigenvalue weighted by molar-refractivity contribution is 0.402. The lowest BCUT2D eigenvalue weighted by Crippen LogP contribution is -2.58. The molecule has 2 heterocycles. The Labute approximate surface area is 245 Å². The third-order valence-electron chi connectivity index (χ3n) is 10.5. The highest BCUT2D eigenvalue weighted by Crippen LogP contribution is 2.53. The van der Waals surface area contributed by atoms with Crippen LogP contribution < -0.4 is 25.9 Å². The molecule has 3 heteroatoms. The first-order valence-corrected chi connectivity index (χ1v) is 15.2. The molecule has 0 unspecified atom stereocenters. The van der Waals surface area contributed by atoms with Gasteiger partial charge in [-0.25, -0.2) is 0 Å². The molecule has 0 N–H and O–H groups in total. The molecule has 4 aromatic carbocycles. The molecule has 0 amide bonds. The van der Waals surface area contributed by atoms with Crippen LogP contribution >= 0.6 is 0 Å². The number of fused-ring (bicyclic) bond motifs is 6. The van der Waals surface area contributed by atoms with Gasteiger partial charge < -0.3 is 9.47 Å². The summed E-state index contributed by atoms with van der Waals surface area (Å²) in [6.07, 6.45) is 2.27. The van der Waals surface area contributed by atoms with Crippen LogP contribution in [0.15, 0.2) is 66.7 Å². The van der Waals surface area contributed by atoms with E-state index in [1.165, 1.54) is 38.7 Å². The van der Waals surface area contributed by atoms with Gasteiger partial charge in [0.25, 0.3) is 6.71 Å². The van der Waals surface area contributed by atoms with Gasteiger partial charge in [0, 0.05) is 5.46 Å². The molecule has 0 atom stereocenters. The zero-order chi connectivity index (χ0) is 28.7. The Morgan fingerprint density at radius 3 is 1.34 bits per heavy atom. The molecule has 41 heavy (non-hydrogen) atoms. The van der Waals surface area contributed by atoms with E-state index in [1.54, 1.807) is 0 Å². The first-order chi connectivity index (χ1) is 19.3. The average Bonchev–Trinajstić information content (AvgIpc) is 3.20. The van der Waals surface area contributed by atoms with Crippen LogP contribution in [0.25, 0.3) is 11.1 Å². The molecule has 2 nitrogen and oxygen atoms in total. The molecule has 0 saturated carbocycles. The van der Waals surface area contributed by atoms with Crippen molar-refractivity contribution >= 4 is 23.1 Å². The van der Waals surface area contributed by atoms with Crippen LogP contribution in [0.5, 0.6) is 23.0 Å². The van der Waals surface area contributed by atoms with Gasteiger partial charge in [-0.15, -0.1) is 0 Å². The highest BCUT2D eigenvalue weighted by atomic mass is 16.5. The zero-order valence-corrected chi connectivity index (χ0v) is 25.7. The summed E-state index contributed by atoms with van der Waals surface area (Å²) in [4.78, 5) is 0. The number of ether oxygens (including phenoxy) is 2. The largest absolute Gasteiger partial charge is 0.458 e. The third-order valence-corrected chi connectivity index (χ3v) is 10.5. The van der Waals surface area contributed by atoms with E-state index in [4.69, 9.17) is 9.47 Å². The van der Waals surface area contributed by atoms with Crippen molar-refractivity contribution in [2.75, 3.05) is 0 Å². The molecule has 0 saturated heterocycles. The van der Waals surface area contributed by atoms with Gasteiger partial charge in [-0.3, -0.25) is 0 Å². The average molecular weight is 539 g/mol. The van der Waals surface area contributed by atoms with Gasteiger partial charge in [-0.05, 0) is 103 Å². The minimum Gasteiger partial charge on any atom is -0.458 e. The van der Waals surface area contributed by atoms with Gasteiger partial charge in [0.05, 0.1) is 0 Å². The van der Waals surface area contributed by atoms with Crippen molar-refractivity contribution in [2.24, 2.45) is 0 Å². The van der Waals surface area contributed by atoms with Gasteiger partial charge in [-0.2, -0.15) is 0 Å². The number of hydrogen-bond donors (Lipinski definition) is 0. The van der Waals surface area contributed by atoms with E-state index in [0.717, 1.165) is 46.9 Å². The standard InChI is InChI=1S/C38H39BO2/c1-35(2)20-37(5,6)26-18-30-28(16-24(26)35)39-29-17-25-27(38(7,8)21-36(25,3)4)19-31(29)41-33-15-23(14-32(40-30)34(33)39)22-12-10-9-11-13-22/h9-19H,20-21H2,1-8H3. The van der Waals surface area contributed by atoms with E-state index in [0.29, 0.717) is 0 Å². The Morgan fingerprint density at radius 2 is 0.902 bits per heavy atom. The van der Waals surface area contributed by atoms with Crippen LogP contribution in [0.4, 0.5) is 0 Å². The second kappa shape index (κ2) is 7.68. The Balaban J connectivity index is 1.42. The molecular formula is C38H39BO2. The second-order valence-electron chi connectivity index (χ2n) is 15.6. The second-order valence-corrected chi connectivity index (χ2v) is 15.6. The van der Waals surface area contributed by atoms with Crippen LogP contribution in [0.1, 0.15) is 90.5 Å². The topological polar surface area (TPSA) is 18.5 Å². The van der Waals surface area contributed by atoms with E-state index < -0.39 is 0 Å². The first-order valence-electron chi connectivity index (χ1n) is 15.2. The van der Waals surface area contributed by atoms with E-state index in [9.17, 15) is 0 Å². The van der Waals surface area contributed by atoms with Gasteiger partial charge in [-0.1, -0.05) is 97.9 Å². The van der Waals surface area contributed by atoms with Crippen molar-refractivity contribution in [3.63, 3.8) is 0 Å². The first kappa shape index (κ1) is 25.3. The van der Waals surface area contributed by atoms with Crippen molar-refractivity contribution in [1.82, 2.24) is 0 Å². The normalized spacial score (nSPS) is 20.6. The van der Waals surface area contributed by atoms with E-state index in [2.05, 4.69) is 122 Å². The molecule has 4 aliphatic rings. The van der Waals surface area contributed by atoms with E-state index >= 15 is 0 Å². The third kappa shape index (κ3) is 3.44. The molecule has 0 spiro atoms. The smallest absolute Gasteiger partial charge is 0.260 e. The van der Waals surface area contributed by atoms with Gasteiger partial charge in [0.15, 0.2) is 0 Å². The summed E-state index contributed by atoms with van der Waals surface area (Å²) in [6, 6.07) is 24.7. The molecule has 2 aliphatic heterocycles. The Kier molecular flexibility index (Phi) is 4.73. The summed E-state index contributed by atoms with van der Waals surface area (Å²) in [6.45, 7) is 19.2. The summed E-state index contributed by atoms with van der Waals surface area (Å²) in [5.41, 5.74) is 12.2. The quantitative estimate of drug-likeness (QED) is 0.198. The lowest BCUT2D eigenvalue weighted by Gasteiger charge is -2.35. The molecule has 0 fully saturated rings. The molecular weight excluding hydrogens is 499 g/mol. The summed E-state index contributed by atoms with van der Waals surface area (Å²) in [5, 5.41) is 0. The van der Waals surface area contributed by atoms with Crippen LogP contribution in [0, 0.1) is 0 Å². The number of benzene rings is 4. The van der Waals surface area contributed by atoms with E-state index in [-0.39, 0.29) is 28.4 Å². The fraction of sp³-hybridized carbons (Fsp3) is 0.368. The van der Waals surface area contributed by atoms with E-state index in [1.807, 2.05) is 0 Å². The molecule has 0 bridgehead atoms. The minimum absolute atomic E-state index is 0.0759. The SMILES string of the molecule is CC1(C)CC(C)(C)c2cc3c(cc21)Oc1cc(-c2ccccc2)cc2c1B3c1cc3c(cc1O2)C(C)(C)CC3(C)C. The summed E-state index contributed by atoms with van der Waals surface area (Å²) in [7, 11) is 0. The van der Waals surface area contributed by atoms with Gasteiger partial charge in [0.1, 0.15) is 23.0 Å². The van der Waals surface area contributed by atoms with Crippen LogP contribution in [0.3, 0.4) is 0 Å². The predicted octanol–water partition coefficient (Wildman–Crippen LogP) is 8.00. The summed E-state index contributed by atoms with van der Waals surface area (Å²) < 4.78 is 13.7. The van der Waals surface area contributed by atoms with Crippen molar-refractivity contribution in [3.05, 3.63) is 89.0 Å². The monoisotopic (exact) mass is 538 g/mol. The lowest BCUT2D eigenvalue weighted by atomic mass is 9.34. The van der Waals surface area contributed by atoms with Gasteiger partial charge in [0.2, 0.25) is 0 Å².